The molecular weight excluding hydrogens is 372 g/mol. The van der Waals surface area contributed by atoms with E-state index in [-0.39, 0.29) is 29.6 Å². The topological polar surface area (TPSA) is 90.7 Å². The summed E-state index contributed by atoms with van der Waals surface area (Å²) in [5.41, 5.74) is 4.19. The number of nitrogens with zero attached hydrogens (tertiary/aromatic N) is 1. The molecule has 1 N–H and O–H groups in total. The Kier molecular flexibility index (Phi) is 3.71. The number of benzene rings is 2. The first-order valence-corrected chi connectivity index (χ1v) is 9.53. The number of nitro benzene ring substituents is 1. The van der Waals surface area contributed by atoms with Crippen LogP contribution in [0, 0.1) is 15.5 Å². The summed E-state index contributed by atoms with van der Waals surface area (Å²) in [5.74, 6) is 1.12. The number of nitro groups is 1. The van der Waals surface area contributed by atoms with E-state index in [1.54, 1.807) is 12.1 Å². The number of ketones is 1. The highest BCUT2D eigenvalue weighted by molar-refractivity contribution is 6.01. The van der Waals surface area contributed by atoms with Gasteiger partial charge in [0.25, 0.3) is 5.69 Å². The molecule has 148 valence electrons. The lowest BCUT2D eigenvalue weighted by atomic mass is 9.68. The molecule has 0 spiro atoms. The number of Topliss-reactive ketones (excluding diaryl/α,β-unsaturated/α-hetero) is 1. The lowest BCUT2D eigenvalue weighted by molar-refractivity contribution is -0.384. The fraction of sp³-hybridized carbons (Fsp3) is 0.318. The van der Waals surface area contributed by atoms with Crippen molar-refractivity contribution in [2.75, 3.05) is 12.1 Å². The zero-order chi connectivity index (χ0) is 20.3. The second kappa shape index (κ2) is 6.07. The Bertz CT molecular complexity index is 1090. The van der Waals surface area contributed by atoms with Gasteiger partial charge in [0, 0.05) is 47.5 Å². The lowest BCUT2D eigenvalue weighted by Gasteiger charge is -2.39. The van der Waals surface area contributed by atoms with Crippen LogP contribution in [0.3, 0.4) is 0 Å². The van der Waals surface area contributed by atoms with E-state index < -0.39 is 4.92 Å². The first kappa shape index (κ1) is 17.7. The maximum absolute atomic E-state index is 13.2. The summed E-state index contributed by atoms with van der Waals surface area (Å²) in [5, 5.41) is 14.5. The summed E-state index contributed by atoms with van der Waals surface area (Å²) < 4.78 is 11.1. The molecule has 2 aromatic rings. The Balaban J connectivity index is 1.70. The molecular formula is C22H20N2O5. The van der Waals surface area contributed by atoms with Gasteiger partial charge in [0.1, 0.15) is 0 Å². The van der Waals surface area contributed by atoms with Crippen LogP contribution in [0.1, 0.15) is 43.7 Å². The van der Waals surface area contributed by atoms with Crippen LogP contribution >= 0.6 is 0 Å². The molecule has 7 heteroatoms. The fourth-order valence-electron chi connectivity index (χ4n) is 4.54. The zero-order valence-electron chi connectivity index (χ0n) is 16.2. The van der Waals surface area contributed by atoms with Crippen LogP contribution in [0.5, 0.6) is 11.5 Å². The standard InChI is InChI=1S/C22H20N2O5/c1-22(2)9-16-21(17(25)10-22)20(12-3-5-13(6-4-12)24(26)27)14-7-18-19(29-11-28-18)8-15(14)23-16/h3-8,20,23H,9-11H2,1-2H3/t20-/m1/s1. The van der Waals surface area contributed by atoms with Gasteiger partial charge in [-0.25, -0.2) is 0 Å². The van der Waals surface area contributed by atoms with Crippen molar-refractivity contribution in [2.45, 2.75) is 32.6 Å². The van der Waals surface area contributed by atoms with Gasteiger partial charge in [0.15, 0.2) is 17.3 Å². The fourth-order valence-corrected chi connectivity index (χ4v) is 4.54. The second-order valence-corrected chi connectivity index (χ2v) is 8.53. The van der Waals surface area contributed by atoms with E-state index in [4.69, 9.17) is 9.47 Å². The SMILES string of the molecule is CC1(C)CC(=O)C2=C(C1)Nc1cc3c(cc1[C@H]2c1ccc([N+](=O)[O-])cc1)OCO3. The van der Waals surface area contributed by atoms with Gasteiger partial charge in [-0.15, -0.1) is 0 Å². The van der Waals surface area contributed by atoms with Gasteiger partial charge in [-0.2, -0.15) is 0 Å². The average Bonchev–Trinajstić information content (AvgIpc) is 3.11. The molecule has 0 fully saturated rings. The van der Waals surface area contributed by atoms with Crippen molar-refractivity contribution in [2.24, 2.45) is 5.41 Å². The van der Waals surface area contributed by atoms with E-state index in [1.807, 2.05) is 12.1 Å². The van der Waals surface area contributed by atoms with Gasteiger partial charge in [0.05, 0.1) is 4.92 Å². The number of hydrogen-bond acceptors (Lipinski definition) is 6. The molecule has 1 aliphatic carbocycles. The minimum atomic E-state index is -0.419. The van der Waals surface area contributed by atoms with Gasteiger partial charge < -0.3 is 14.8 Å². The first-order valence-electron chi connectivity index (χ1n) is 9.53. The molecule has 3 aliphatic rings. The number of rotatable bonds is 2. The number of nitrogens with one attached hydrogen (secondary N) is 1. The number of non-ortho nitro benzene ring substituents is 1. The van der Waals surface area contributed by atoms with Gasteiger partial charge in [-0.05, 0) is 29.0 Å². The quantitative estimate of drug-likeness (QED) is 0.597. The summed E-state index contributed by atoms with van der Waals surface area (Å²) >= 11 is 0. The summed E-state index contributed by atoms with van der Waals surface area (Å²) in [6, 6.07) is 10.3. The largest absolute Gasteiger partial charge is 0.454 e. The third kappa shape index (κ3) is 2.85. The number of ether oxygens (including phenoxy) is 2. The van der Waals surface area contributed by atoms with Crippen LogP contribution in [0.4, 0.5) is 11.4 Å². The zero-order valence-corrected chi connectivity index (χ0v) is 16.2. The van der Waals surface area contributed by atoms with Crippen molar-refractivity contribution < 1.29 is 19.2 Å². The van der Waals surface area contributed by atoms with E-state index in [2.05, 4.69) is 19.2 Å². The third-order valence-corrected chi connectivity index (χ3v) is 5.79. The molecule has 0 saturated heterocycles. The van der Waals surface area contributed by atoms with Crippen molar-refractivity contribution in [1.29, 1.82) is 0 Å². The lowest BCUT2D eigenvalue weighted by Crippen LogP contribution is -2.33. The molecule has 0 saturated carbocycles. The monoisotopic (exact) mass is 392 g/mol. The smallest absolute Gasteiger partial charge is 0.269 e. The van der Waals surface area contributed by atoms with Crippen LogP contribution in [0.15, 0.2) is 47.7 Å². The van der Waals surface area contributed by atoms with E-state index >= 15 is 0 Å². The van der Waals surface area contributed by atoms with Crippen LogP contribution < -0.4 is 14.8 Å². The Morgan fingerprint density at radius 2 is 1.79 bits per heavy atom. The second-order valence-electron chi connectivity index (χ2n) is 8.53. The summed E-state index contributed by atoms with van der Waals surface area (Å²) in [4.78, 5) is 23.8. The van der Waals surface area contributed by atoms with Crippen LogP contribution in [-0.4, -0.2) is 17.5 Å². The maximum Gasteiger partial charge on any atom is 0.269 e. The first-order chi connectivity index (χ1) is 13.8. The molecule has 7 nitrogen and oxygen atoms in total. The van der Waals surface area contributed by atoms with Crippen LogP contribution in [0.2, 0.25) is 0 Å². The van der Waals surface area contributed by atoms with E-state index in [0.29, 0.717) is 17.9 Å². The van der Waals surface area contributed by atoms with Crippen molar-refractivity contribution in [3.63, 3.8) is 0 Å². The number of carbonyl (C=O) groups is 1. The van der Waals surface area contributed by atoms with Crippen molar-refractivity contribution >= 4 is 17.2 Å². The predicted octanol–water partition coefficient (Wildman–Crippen LogP) is 4.52. The molecule has 5 rings (SSSR count). The highest BCUT2D eigenvalue weighted by Gasteiger charge is 2.41. The summed E-state index contributed by atoms with van der Waals surface area (Å²) in [6.45, 7) is 4.35. The third-order valence-electron chi connectivity index (χ3n) is 5.79. The van der Waals surface area contributed by atoms with E-state index in [9.17, 15) is 14.9 Å². The van der Waals surface area contributed by atoms with Crippen LogP contribution in [0.25, 0.3) is 0 Å². The van der Waals surface area contributed by atoms with Crippen LogP contribution in [-0.2, 0) is 4.79 Å². The molecule has 0 amide bonds. The Hall–Kier alpha value is -3.35. The molecule has 0 radical (unpaired) electrons. The summed E-state index contributed by atoms with van der Waals surface area (Å²) in [6.07, 6.45) is 1.22. The molecule has 1 atom stereocenters. The molecule has 0 bridgehead atoms. The number of hydrogen-bond donors (Lipinski definition) is 1. The molecule has 2 aliphatic heterocycles. The summed E-state index contributed by atoms with van der Waals surface area (Å²) in [7, 11) is 0. The predicted molar refractivity (Wildman–Crippen MR) is 106 cm³/mol. The minimum absolute atomic E-state index is 0.0268. The van der Waals surface area contributed by atoms with Gasteiger partial charge in [-0.3, -0.25) is 14.9 Å². The highest BCUT2D eigenvalue weighted by atomic mass is 16.7. The van der Waals surface area contributed by atoms with E-state index in [0.717, 1.165) is 34.5 Å². The molecule has 2 aromatic carbocycles. The van der Waals surface area contributed by atoms with Gasteiger partial charge in [0.2, 0.25) is 6.79 Å². The average molecular weight is 392 g/mol. The Morgan fingerprint density at radius 1 is 1.10 bits per heavy atom. The Morgan fingerprint density at radius 3 is 2.48 bits per heavy atom. The number of anilines is 1. The molecule has 0 unspecified atom stereocenters. The maximum atomic E-state index is 13.2. The normalized spacial score (nSPS) is 21.3. The van der Waals surface area contributed by atoms with Gasteiger partial charge >= 0.3 is 0 Å². The van der Waals surface area contributed by atoms with Crippen molar-refractivity contribution in [3.8, 4) is 11.5 Å². The van der Waals surface area contributed by atoms with Crippen molar-refractivity contribution in [1.82, 2.24) is 0 Å². The van der Waals surface area contributed by atoms with Crippen molar-refractivity contribution in [3.05, 3.63) is 68.9 Å². The highest BCUT2D eigenvalue weighted by Crippen LogP contribution is 2.51. The minimum Gasteiger partial charge on any atom is -0.454 e. The van der Waals surface area contributed by atoms with Gasteiger partial charge in [-0.1, -0.05) is 26.0 Å². The molecule has 2 heterocycles. The molecule has 0 aromatic heterocycles. The van der Waals surface area contributed by atoms with E-state index in [1.165, 1.54) is 12.1 Å². The Labute approximate surface area is 167 Å². The molecule has 29 heavy (non-hydrogen) atoms. The number of carbonyl (C=O) groups excluding carboxylic acids is 1. The number of fused-ring (bicyclic) bond motifs is 2. The number of allylic oxidation sites excluding steroid dienone is 2.